The summed E-state index contributed by atoms with van der Waals surface area (Å²) in [5, 5.41) is 5.08. The third kappa shape index (κ3) is 8.23. The number of carbonyl (C=O) groups is 2. The van der Waals surface area contributed by atoms with Crippen molar-refractivity contribution in [3.8, 4) is 5.75 Å². The molecule has 0 spiro atoms. The van der Waals surface area contributed by atoms with Crippen LogP contribution in [0.4, 0.5) is 26.7 Å². The number of benzene rings is 2. The number of alkyl carbamates (subject to hydrolysis) is 1. The van der Waals surface area contributed by atoms with Gasteiger partial charge in [-0.15, -0.1) is 0 Å². The summed E-state index contributed by atoms with van der Waals surface area (Å²) in [7, 11) is 0. The molecule has 0 fully saturated rings. The van der Waals surface area contributed by atoms with Gasteiger partial charge in [0.2, 0.25) is 0 Å². The molecular weight excluding hydrogens is 587 g/mol. The Bertz CT molecular complexity index is 1620. The molecule has 0 radical (unpaired) electrons. The van der Waals surface area contributed by atoms with E-state index in [-0.39, 0.29) is 41.5 Å². The van der Waals surface area contributed by atoms with Gasteiger partial charge in [-0.05, 0) is 56.5 Å². The number of halogens is 5. The molecule has 1 unspecified atom stereocenters. The molecule has 2 heterocycles. The Balaban J connectivity index is 1.51. The second kappa shape index (κ2) is 13.3. The molecule has 2 amide bonds. The quantitative estimate of drug-likeness (QED) is 0.186. The van der Waals surface area contributed by atoms with Crippen LogP contribution >= 0.6 is 0 Å². The summed E-state index contributed by atoms with van der Waals surface area (Å²) in [6, 6.07) is 13.8. The summed E-state index contributed by atoms with van der Waals surface area (Å²) >= 11 is 0. The van der Waals surface area contributed by atoms with E-state index in [2.05, 4.69) is 15.6 Å². The summed E-state index contributed by atoms with van der Waals surface area (Å²) < 4.78 is 80.0. The maximum atomic E-state index is 14.1. The molecule has 1 atom stereocenters. The molecule has 13 heteroatoms. The number of hydrogen-bond acceptors (Lipinski definition) is 5. The first kappa shape index (κ1) is 32.2. The fourth-order valence-corrected chi connectivity index (χ4v) is 4.54. The van der Waals surface area contributed by atoms with Gasteiger partial charge in [0, 0.05) is 19.2 Å². The van der Waals surface area contributed by atoms with Crippen LogP contribution in [0.3, 0.4) is 0 Å². The second-order valence-electron chi connectivity index (χ2n) is 10.7. The first-order valence-corrected chi connectivity index (χ1v) is 13.6. The van der Waals surface area contributed by atoms with Crippen molar-refractivity contribution >= 4 is 17.6 Å². The van der Waals surface area contributed by atoms with Crippen molar-refractivity contribution in [2.24, 2.45) is 0 Å². The SMILES string of the molecule is Cc1cc(OCc2c(F)cccc2F)c2nc(C)c(C(=O)NCC(C)(CCC(F)(F)F)NC(=O)OCc3ccccc3)n2c1. The minimum absolute atomic E-state index is 0.0652. The van der Waals surface area contributed by atoms with Gasteiger partial charge < -0.3 is 20.1 Å². The second-order valence-corrected chi connectivity index (χ2v) is 10.7. The zero-order valence-electron chi connectivity index (χ0n) is 24.2. The fraction of sp³-hybridized carbons (Fsp3) is 0.323. The number of ether oxygens (including phenoxy) is 2. The lowest BCUT2D eigenvalue weighted by molar-refractivity contribution is -0.138. The largest absolute Gasteiger partial charge is 0.485 e. The number of fused-ring (bicyclic) bond motifs is 1. The number of rotatable bonds is 11. The minimum Gasteiger partial charge on any atom is -0.485 e. The van der Waals surface area contributed by atoms with Crippen molar-refractivity contribution in [2.45, 2.75) is 58.5 Å². The van der Waals surface area contributed by atoms with Crippen LogP contribution in [-0.4, -0.2) is 39.6 Å². The van der Waals surface area contributed by atoms with E-state index in [9.17, 15) is 31.5 Å². The molecule has 0 bridgehead atoms. The van der Waals surface area contributed by atoms with Gasteiger partial charge >= 0.3 is 12.3 Å². The topological polar surface area (TPSA) is 94.0 Å². The van der Waals surface area contributed by atoms with E-state index in [4.69, 9.17) is 9.47 Å². The molecule has 234 valence electrons. The van der Waals surface area contributed by atoms with Crippen molar-refractivity contribution in [3.05, 3.63) is 101 Å². The molecule has 0 aliphatic carbocycles. The van der Waals surface area contributed by atoms with Crippen molar-refractivity contribution in [1.29, 1.82) is 0 Å². The number of imidazole rings is 1. The predicted molar refractivity (Wildman–Crippen MR) is 151 cm³/mol. The van der Waals surface area contributed by atoms with Crippen molar-refractivity contribution in [3.63, 3.8) is 0 Å². The average molecular weight is 619 g/mol. The zero-order valence-corrected chi connectivity index (χ0v) is 24.2. The van der Waals surface area contributed by atoms with Crippen LogP contribution in [0, 0.1) is 25.5 Å². The van der Waals surface area contributed by atoms with E-state index < -0.39 is 54.8 Å². The van der Waals surface area contributed by atoms with Gasteiger partial charge in [-0.1, -0.05) is 36.4 Å². The molecule has 4 rings (SSSR count). The van der Waals surface area contributed by atoms with Gasteiger partial charge in [-0.25, -0.2) is 18.6 Å². The smallest absolute Gasteiger partial charge is 0.407 e. The lowest BCUT2D eigenvalue weighted by Gasteiger charge is -2.31. The number of amides is 2. The Hall–Kier alpha value is -4.68. The predicted octanol–water partition coefficient (Wildman–Crippen LogP) is 6.57. The Morgan fingerprint density at radius 3 is 2.30 bits per heavy atom. The molecule has 0 aliphatic rings. The lowest BCUT2D eigenvalue weighted by atomic mass is 9.95. The van der Waals surface area contributed by atoms with Gasteiger partial charge in [-0.3, -0.25) is 9.20 Å². The van der Waals surface area contributed by atoms with E-state index in [1.54, 1.807) is 56.4 Å². The van der Waals surface area contributed by atoms with E-state index in [0.29, 0.717) is 11.1 Å². The number of pyridine rings is 1. The van der Waals surface area contributed by atoms with Crippen molar-refractivity contribution < 1.29 is 41.0 Å². The average Bonchev–Trinajstić information content (AvgIpc) is 3.29. The Kier molecular flexibility index (Phi) is 9.75. The molecule has 8 nitrogen and oxygen atoms in total. The first-order valence-electron chi connectivity index (χ1n) is 13.6. The van der Waals surface area contributed by atoms with Gasteiger partial charge in [0.1, 0.15) is 30.5 Å². The molecule has 4 aromatic rings. The number of aryl methyl sites for hydroxylation is 2. The third-order valence-corrected chi connectivity index (χ3v) is 6.86. The number of nitrogens with zero attached hydrogens (tertiary/aromatic N) is 2. The highest BCUT2D eigenvalue weighted by molar-refractivity contribution is 5.95. The number of hydrogen-bond donors (Lipinski definition) is 2. The van der Waals surface area contributed by atoms with Gasteiger partial charge in [0.15, 0.2) is 11.4 Å². The van der Waals surface area contributed by atoms with Crippen molar-refractivity contribution in [2.75, 3.05) is 6.54 Å². The van der Waals surface area contributed by atoms with Crippen LogP contribution in [0.2, 0.25) is 0 Å². The Morgan fingerprint density at radius 2 is 1.64 bits per heavy atom. The van der Waals surface area contributed by atoms with Crippen molar-refractivity contribution in [1.82, 2.24) is 20.0 Å². The summed E-state index contributed by atoms with van der Waals surface area (Å²) in [6.07, 6.45) is -5.59. The maximum Gasteiger partial charge on any atom is 0.407 e. The van der Waals surface area contributed by atoms with Crippen LogP contribution in [0.25, 0.3) is 5.65 Å². The molecule has 2 aromatic heterocycles. The highest BCUT2D eigenvalue weighted by atomic mass is 19.4. The van der Waals surface area contributed by atoms with Crippen LogP contribution in [0.15, 0.2) is 60.8 Å². The van der Waals surface area contributed by atoms with E-state index in [1.165, 1.54) is 17.4 Å². The third-order valence-electron chi connectivity index (χ3n) is 6.86. The normalized spacial score (nSPS) is 12.9. The maximum absolute atomic E-state index is 14.1. The molecule has 0 aliphatic heterocycles. The van der Waals surface area contributed by atoms with Gasteiger partial charge in [0.25, 0.3) is 5.91 Å². The number of carbonyl (C=O) groups excluding carboxylic acids is 2. The minimum atomic E-state index is -4.50. The molecule has 44 heavy (non-hydrogen) atoms. The summed E-state index contributed by atoms with van der Waals surface area (Å²) in [6.45, 7) is 3.75. The first-order chi connectivity index (χ1) is 20.7. The van der Waals surface area contributed by atoms with Gasteiger partial charge in [-0.2, -0.15) is 13.2 Å². The standard InChI is InChI=1S/C31H31F5N4O4/c1-19-14-25(43-17-22-23(32)10-7-11-24(22)33)27-38-20(2)26(40(27)15-19)28(41)37-18-30(3,12-13-31(34,35)36)39-29(42)44-16-21-8-5-4-6-9-21/h4-11,14-15H,12-13,16-18H2,1-3H3,(H,37,41)(H,39,42). The highest BCUT2D eigenvalue weighted by Crippen LogP contribution is 2.28. The molecule has 0 saturated carbocycles. The summed E-state index contributed by atoms with van der Waals surface area (Å²) in [5.74, 6) is -2.07. The van der Waals surface area contributed by atoms with E-state index in [1.807, 2.05) is 0 Å². The van der Waals surface area contributed by atoms with Gasteiger partial charge in [0.05, 0.1) is 16.8 Å². The monoisotopic (exact) mass is 618 g/mol. The van der Waals surface area contributed by atoms with Crippen LogP contribution in [-0.2, 0) is 18.0 Å². The number of alkyl halides is 3. The fourth-order valence-electron chi connectivity index (χ4n) is 4.54. The highest BCUT2D eigenvalue weighted by Gasteiger charge is 2.35. The molecule has 0 saturated heterocycles. The Morgan fingerprint density at radius 1 is 0.955 bits per heavy atom. The number of nitrogens with one attached hydrogen (secondary N) is 2. The number of aromatic nitrogens is 2. The zero-order chi connectivity index (χ0) is 32.1. The molecular formula is C31H31F5N4O4. The van der Waals surface area contributed by atoms with Crippen LogP contribution < -0.4 is 15.4 Å². The van der Waals surface area contributed by atoms with Crippen LogP contribution in [0.5, 0.6) is 5.75 Å². The summed E-state index contributed by atoms with van der Waals surface area (Å²) in [5.41, 5.74) is 0.0393. The van der Waals surface area contributed by atoms with E-state index >= 15 is 0 Å². The van der Waals surface area contributed by atoms with Crippen LogP contribution in [0.1, 0.15) is 52.6 Å². The lowest BCUT2D eigenvalue weighted by Crippen LogP contribution is -2.54. The van der Waals surface area contributed by atoms with E-state index in [0.717, 1.165) is 12.1 Å². The Labute approximate surface area is 250 Å². The summed E-state index contributed by atoms with van der Waals surface area (Å²) in [4.78, 5) is 30.3. The molecule has 2 aromatic carbocycles. The molecule has 2 N–H and O–H groups in total.